The molecule has 0 radical (unpaired) electrons. The van der Waals surface area contributed by atoms with E-state index in [1.807, 2.05) is 31.2 Å². The molecule has 1 heterocycles. The molecule has 3 aromatic rings. The first-order chi connectivity index (χ1) is 12.6. The van der Waals surface area contributed by atoms with E-state index in [0.717, 1.165) is 16.7 Å². The first kappa shape index (κ1) is 17.5. The average molecular weight is 350 g/mol. The molecule has 0 aliphatic rings. The van der Waals surface area contributed by atoms with Crippen LogP contribution >= 0.6 is 0 Å². The summed E-state index contributed by atoms with van der Waals surface area (Å²) in [5, 5.41) is 13.9. The van der Waals surface area contributed by atoms with Gasteiger partial charge in [0.25, 0.3) is 0 Å². The zero-order valence-electron chi connectivity index (χ0n) is 14.4. The number of halogens is 1. The second-order valence-electron chi connectivity index (χ2n) is 5.99. The third-order valence-electron chi connectivity index (χ3n) is 3.80. The number of aryl methyl sites for hydroxylation is 1. The largest absolute Gasteiger partial charge is 0.365 e. The van der Waals surface area contributed by atoms with Crippen molar-refractivity contribution in [2.75, 3.05) is 10.6 Å². The minimum Gasteiger partial charge on any atom is -0.365 e. The number of aromatic nitrogens is 2. The van der Waals surface area contributed by atoms with Crippen molar-refractivity contribution in [3.8, 4) is 0 Å². The first-order valence-corrected chi connectivity index (χ1v) is 8.26. The fourth-order valence-electron chi connectivity index (χ4n) is 2.37. The van der Waals surface area contributed by atoms with E-state index in [1.54, 1.807) is 24.3 Å². The van der Waals surface area contributed by atoms with E-state index in [9.17, 15) is 9.18 Å². The van der Waals surface area contributed by atoms with E-state index < -0.39 is 0 Å². The predicted octanol–water partition coefficient (Wildman–Crippen LogP) is 3.72. The summed E-state index contributed by atoms with van der Waals surface area (Å²) in [6.07, 6.45) is 0.284. The lowest BCUT2D eigenvalue weighted by Gasteiger charge is -2.07. The summed E-state index contributed by atoms with van der Waals surface area (Å²) in [6.45, 7) is 2.51. The molecular formula is C20H19FN4O. The van der Waals surface area contributed by atoms with Gasteiger partial charge >= 0.3 is 0 Å². The molecule has 0 saturated carbocycles. The number of carbonyl (C=O) groups is 1. The number of carbonyl (C=O) groups excluding carboxylic acids is 1. The summed E-state index contributed by atoms with van der Waals surface area (Å²) < 4.78 is 12.9. The maximum absolute atomic E-state index is 12.9. The quantitative estimate of drug-likeness (QED) is 0.711. The minimum atomic E-state index is -0.265. The van der Waals surface area contributed by atoms with Crippen molar-refractivity contribution in [2.24, 2.45) is 0 Å². The fourth-order valence-corrected chi connectivity index (χ4v) is 2.37. The van der Waals surface area contributed by atoms with Crippen molar-refractivity contribution in [1.82, 2.24) is 10.2 Å². The molecule has 5 nitrogen and oxygen atoms in total. The van der Waals surface area contributed by atoms with E-state index in [-0.39, 0.29) is 18.1 Å². The molecule has 0 spiro atoms. The van der Waals surface area contributed by atoms with Crippen LogP contribution in [0.3, 0.4) is 0 Å². The molecular weight excluding hydrogens is 331 g/mol. The molecule has 0 unspecified atom stereocenters. The van der Waals surface area contributed by atoms with Crippen molar-refractivity contribution in [1.29, 1.82) is 0 Å². The molecule has 0 aliphatic heterocycles. The van der Waals surface area contributed by atoms with Crippen LogP contribution < -0.4 is 10.6 Å². The third-order valence-corrected chi connectivity index (χ3v) is 3.80. The van der Waals surface area contributed by atoms with Gasteiger partial charge in [-0.05, 0) is 42.3 Å². The number of nitrogens with one attached hydrogen (secondary N) is 2. The smallest absolute Gasteiger partial charge is 0.229 e. The van der Waals surface area contributed by atoms with Gasteiger partial charge in [0.2, 0.25) is 5.91 Å². The summed E-state index contributed by atoms with van der Waals surface area (Å²) in [5.74, 6) is 0.565. The molecule has 0 atom stereocenters. The molecule has 2 N–H and O–H groups in total. The van der Waals surface area contributed by atoms with Gasteiger partial charge < -0.3 is 10.6 Å². The molecule has 6 heteroatoms. The minimum absolute atomic E-state index is 0.143. The highest BCUT2D eigenvalue weighted by Gasteiger charge is 2.06. The molecule has 0 saturated heterocycles. The summed E-state index contributed by atoms with van der Waals surface area (Å²) >= 11 is 0. The topological polar surface area (TPSA) is 66.9 Å². The van der Waals surface area contributed by atoms with Crippen molar-refractivity contribution < 1.29 is 9.18 Å². The zero-order chi connectivity index (χ0) is 18.4. The van der Waals surface area contributed by atoms with Gasteiger partial charge in [0.1, 0.15) is 11.6 Å². The molecule has 1 aromatic heterocycles. The molecule has 3 rings (SSSR count). The molecule has 0 aliphatic carbocycles. The number of hydrogen-bond donors (Lipinski definition) is 2. The lowest BCUT2D eigenvalue weighted by atomic mass is 10.1. The van der Waals surface area contributed by atoms with Gasteiger partial charge in [-0.3, -0.25) is 4.79 Å². The van der Waals surface area contributed by atoms with E-state index in [2.05, 4.69) is 20.8 Å². The molecule has 0 fully saturated rings. The third kappa shape index (κ3) is 5.11. The Bertz CT molecular complexity index is 862. The SMILES string of the molecule is Cc1ccc(CC(=O)Nc2ccc(NCc3ccc(F)cc3)nn2)cc1. The second kappa shape index (κ2) is 8.20. The van der Waals surface area contributed by atoms with Crippen LogP contribution in [0.2, 0.25) is 0 Å². The lowest BCUT2D eigenvalue weighted by Crippen LogP contribution is -2.16. The van der Waals surface area contributed by atoms with Crippen LogP contribution in [-0.4, -0.2) is 16.1 Å². The van der Waals surface area contributed by atoms with E-state index >= 15 is 0 Å². The Kier molecular flexibility index (Phi) is 5.53. The molecule has 26 heavy (non-hydrogen) atoms. The summed E-state index contributed by atoms with van der Waals surface area (Å²) in [4.78, 5) is 12.1. The Morgan fingerprint density at radius 1 is 0.885 bits per heavy atom. The lowest BCUT2D eigenvalue weighted by molar-refractivity contribution is -0.115. The van der Waals surface area contributed by atoms with Crippen LogP contribution in [0.4, 0.5) is 16.0 Å². The monoisotopic (exact) mass is 350 g/mol. The Balaban J connectivity index is 1.51. The van der Waals surface area contributed by atoms with Crippen LogP contribution in [0.1, 0.15) is 16.7 Å². The normalized spacial score (nSPS) is 10.4. The van der Waals surface area contributed by atoms with Crippen LogP contribution in [0.15, 0.2) is 60.7 Å². The Morgan fingerprint density at radius 3 is 2.15 bits per heavy atom. The highest BCUT2D eigenvalue weighted by Crippen LogP contribution is 2.10. The molecule has 2 aromatic carbocycles. The molecule has 0 bridgehead atoms. The molecule has 132 valence electrons. The van der Waals surface area contributed by atoms with E-state index in [0.29, 0.717) is 18.2 Å². The van der Waals surface area contributed by atoms with Gasteiger partial charge in [-0.2, -0.15) is 0 Å². The Labute approximate surface area is 151 Å². The van der Waals surface area contributed by atoms with Crippen molar-refractivity contribution in [2.45, 2.75) is 19.9 Å². The Hall–Kier alpha value is -3.28. The van der Waals surface area contributed by atoms with Gasteiger partial charge in [0.05, 0.1) is 6.42 Å². The number of rotatable bonds is 6. The van der Waals surface area contributed by atoms with Crippen molar-refractivity contribution >= 4 is 17.5 Å². The fraction of sp³-hybridized carbons (Fsp3) is 0.150. The summed E-state index contributed by atoms with van der Waals surface area (Å²) in [7, 11) is 0. The number of amides is 1. The number of anilines is 2. The zero-order valence-corrected chi connectivity index (χ0v) is 14.4. The maximum atomic E-state index is 12.9. The highest BCUT2D eigenvalue weighted by atomic mass is 19.1. The van der Waals surface area contributed by atoms with Crippen LogP contribution in [0.25, 0.3) is 0 Å². The van der Waals surface area contributed by atoms with E-state index in [4.69, 9.17) is 0 Å². The maximum Gasteiger partial charge on any atom is 0.229 e. The number of benzene rings is 2. The van der Waals surface area contributed by atoms with Gasteiger partial charge in [-0.25, -0.2) is 4.39 Å². The second-order valence-corrected chi connectivity index (χ2v) is 5.99. The van der Waals surface area contributed by atoms with Crippen molar-refractivity contribution in [3.05, 3.63) is 83.2 Å². The standard InChI is InChI=1S/C20H19FN4O/c1-14-2-4-15(5-3-14)12-20(26)23-19-11-10-18(24-25-19)22-13-16-6-8-17(21)9-7-16/h2-11H,12-13H2,1H3,(H,22,24)(H,23,25,26). The van der Waals surface area contributed by atoms with E-state index in [1.165, 1.54) is 12.1 Å². The average Bonchev–Trinajstić information content (AvgIpc) is 2.64. The van der Waals surface area contributed by atoms with Gasteiger partial charge in [0, 0.05) is 6.54 Å². The summed E-state index contributed by atoms with van der Waals surface area (Å²) in [5.41, 5.74) is 3.03. The van der Waals surface area contributed by atoms with Gasteiger partial charge in [0.15, 0.2) is 5.82 Å². The van der Waals surface area contributed by atoms with Gasteiger partial charge in [-0.1, -0.05) is 42.0 Å². The summed E-state index contributed by atoms with van der Waals surface area (Å²) in [6, 6.07) is 17.5. The highest BCUT2D eigenvalue weighted by molar-refractivity contribution is 5.91. The van der Waals surface area contributed by atoms with Crippen LogP contribution in [-0.2, 0) is 17.8 Å². The van der Waals surface area contributed by atoms with Crippen molar-refractivity contribution in [3.63, 3.8) is 0 Å². The van der Waals surface area contributed by atoms with Crippen LogP contribution in [0, 0.1) is 12.7 Å². The predicted molar refractivity (Wildman–Crippen MR) is 99.3 cm³/mol. The first-order valence-electron chi connectivity index (χ1n) is 8.26. The number of hydrogen-bond acceptors (Lipinski definition) is 4. The van der Waals surface area contributed by atoms with Crippen LogP contribution in [0.5, 0.6) is 0 Å². The Morgan fingerprint density at radius 2 is 1.50 bits per heavy atom. The number of nitrogens with zero attached hydrogens (tertiary/aromatic N) is 2. The molecule has 1 amide bonds. The van der Waals surface area contributed by atoms with Gasteiger partial charge in [-0.15, -0.1) is 10.2 Å².